The second-order valence-electron chi connectivity index (χ2n) is 5.85. The summed E-state index contributed by atoms with van der Waals surface area (Å²) in [5, 5.41) is 17.1. The highest BCUT2D eigenvalue weighted by molar-refractivity contribution is 5.97. The van der Waals surface area contributed by atoms with Crippen LogP contribution in [-0.4, -0.2) is 37.7 Å². The molecule has 29 heavy (non-hydrogen) atoms. The zero-order valence-electron chi connectivity index (χ0n) is 15.0. The maximum atomic E-state index is 13.4. The predicted octanol–water partition coefficient (Wildman–Crippen LogP) is 2.50. The van der Waals surface area contributed by atoms with Crippen LogP contribution in [0.5, 0.6) is 0 Å². The number of nitro groups is 1. The van der Waals surface area contributed by atoms with Crippen molar-refractivity contribution in [1.29, 1.82) is 0 Å². The van der Waals surface area contributed by atoms with Crippen LogP contribution in [0.25, 0.3) is 5.69 Å². The Morgan fingerprint density at radius 3 is 2.59 bits per heavy atom. The number of carbonyl (C=O) groups excluding carboxylic acids is 2. The zero-order valence-corrected chi connectivity index (χ0v) is 15.0. The molecule has 3 rings (SSSR count). The number of anilines is 1. The standard InChI is InChI=1S/C18H14FN5O5/c1-11(17(25)22-13-4-7-15(19)16(8-13)24(27)28)29-18(26)12-2-5-14(6-3-12)23-10-20-9-21-23/h2-11H,1H3,(H,22,25)/t11-/m0/s1. The number of aromatic nitrogens is 3. The minimum absolute atomic E-state index is 0.00295. The molecule has 0 spiro atoms. The number of hydrogen-bond acceptors (Lipinski definition) is 7. The van der Waals surface area contributed by atoms with E-state index in [2.05, 4.69) is 15.4 Å². The highest BCUT2D eigenvalue weighted by Gasteiger charge is 2.21. The Kier molecular flexibility index (Phi) is 5.58. The van der Waals surface area contributed by atoms with Gasteiger partial charge in [0, 0.05) is 11.8 Å². The largest absolute Gasteiger partial charge is 0.449 e. The van der Waals surface area contributed by atoms with Crippen LogP contribution in [0.15, 0.2) is 55.1 Å². The van der Waals surface area contributed by atoms with Crippen molar-refractivity contribution in [3.8, 4) is 5.69 Å². The molecule has 0 bridgehead atoms. The number of hydrogen-bond donors (Lipinski definition) is 1. The quantitative estimate of drug-likeness (QED) is 0.383. The van der Waals surface area contributed by atoms with Gasteiger partial charge in [-0.25, -0.2) is 14.5 Å². The summed E-state index contributed by atoms with van der Waals surface area (Å²) in [6, 6.07) is 9.19. The summed E-state index contributed by atoms with van der Waals surface area (Å²) in [4.78, 5) is 38.1. The molecule has 1 aromatic heterocycles. The van der Waals surface area contributed by atoms with E-state index in [9.17, 15) is 24.1 Å². The highest BCUT2D eigenvalue weighted by atomic mass is 19.1. The Labute approximate surface area is 163 Å². The van der Waals surface area contributed by atoms with Crippen LogP contribution in [0, 0.1) is 15.9 Å². The molecule has 3 aromatic rings. The van der Waals surface area contributed by atoms with Crippen LogP contribution < -0.4 is 5.32 Å². The summed E-state index contributed by atoms with van der Waals surface area (Å²) >= 11 is 0. The van der Waals surface area contributed by atoms with E-state index in [-0.39, 0.29) is 11.3 Å². The van der Waals surface area contributed by atoms with Crippen molar-refractivity contribution in [2.45, 2.75) is 13.0 Å². The van der Waals surface area contributed by atoms with Crippen LogP contribution in [-0.2, 0) is 9.53 Å². The zero-order chi connectivity index (χ0) is 21.0. The molecule has 1 amide bonds. The van der Waals surface area contributed by atoms with Crippen molar-refractivity contribution in [2.24, 2.45) is 0 Å². The number of ether oxygens (including phenoxy) is 1. The van der Waals surface area contributed by atoms with Crippen molar-refractivity contribution in [1.82, 2.24) is 14.8 Å². The Bertz CT molecular complexity index is 1050. The van der Waals surface area contributed by atoms with Crippen molar-refractivity contribution < 1.29 is 23.6 Å². The second kappa shape index (κ2) is 8.25. The SMILES string of the molecule is C[C@H](OC(=O)c1ccc(-n2cncn2)cc1)C(=O)Nc1ccc(F)c([N+](=O)[O-])c1. The molecule has 11 heteroatoms. The van der Waals surface area contributed by atoms with Crippen molar-refractivity contribution >= 4 is 23.3 Å². The first-order chi connectivity index (χ1) is 13.8. The van der Waals surface area contributed by atoms with Gasteiger partial charge < -0.3 is 10.1 Å². The number of benzene rings is 2. The van der Waals surface area contributed by atoms with E-state index in [4.69, 9.17) is 4.74 Å². The normalized spacial score (nSPS) is 11.5. The number of carbonyl (C=O) groups is 2. The second-order valence-corrected chi connectivity index (χ2v) is 5.85. The number of halogens is 1. The molecule has 0 fully saturated rings. The van der Waals surface area contributed by atoms with Crippen molar-refractivity contribution in [3.63, 3.8) is 0 Å². The van der Waals surface area contributed by atoms with Gasteiger partial charge in [0.1, 0.15) is 12.7 Å². The summed E-state index contributed by atoms with van der Waals surface area (Å²) in [5.41, 5.74) is 0.122. The lowest BCUT2D eigenvalue weighted by Crippen LogP contribution is -2.30. The predicted molar refractivity (Wildman–Crippen MR) is 97.9 cm³/mol. The summed E-state index contributed by atoms with van der Waals surface area (Å²) in [6.45, 7) is 1.34. The molecule has 1 heterocycles. The molecule has 2 aromatic carbocycles. The van der Waals surface area contributed by atoms with E-state index in [1.807, 2.05) is 0 Å². The highest BCUT2D eigenvalue weighted by Crippen LogP contribution is 2.22. The molecular weight excluding hydrogens is 385 g/mol. The van der Waals surface area contributed by atoms with Gasteiger partial charge in [-0.15, -0.1) is 0 Å². The van der Waals surface area contributed by atoms with Gasteiger partial charge >= 0.3 is 11.7 Å². The fourth-order valence-electron chi connectivity index (χ4n) is 2.35. The van der Waals surface area contributed by atoms with Gasteiger partial charge in [-0.3, -0.25) is 14.9 Å². The van der Waals surface area contributed by atoms with E-state index in [0.29, 0.717) is 5.69 Å². The smallest absolute Gasteiger partial charge is 0.338 e. The van der Waals surface area contributed by atoms with E-state index >= 15 is 0 Å². The minimum Gasteiger partial charge on any atom is -0.449 e. The Hall–Kier alpha value is -4.15. The maximum absolute atomic E-state index is 13.4. The van der Waals surface area contributed by atoms with E-state index in [1.165, 1.54) is 36.4 Å². The summed E-state index contributed by atoms with van der Waals surface area (Å²) in [5.74, 6) is -2.48. The third-order valence-electron chi connectivity index (χ3n) is 3.85. The molecule has 10 nitrogen and oxygen atoms in total. The first-order valence-corrected chi connectivity index (χ1v) is 8.26. The lowest BCUT2D eigenvalue weighted by atomic mass is 10.2. The molecule has 0 saturated heterocycles. The van der Waals surface area contributed by atoms with Crippen LogP contribution >= 0.6 is 0 Å². The molecule has 0 aliphatic rings. The molecule has 0 unspecified atom stereocenters. The fourth-order valence-corrected chi connectivity index (χ4v) is 2.35. The number of nitrogens with one attached hydrogen (secondary N) is 1. The van der Waals surface area contributed by atoms with E-state index in [0.717, 1.165) is 18.2 Å². The third kappa shape index (κ3) is 4.58. The first-order valence-electron chi connectivity index (χ1n) is 8.26. The average molecular weight is 399 g/mol. The molecule has 1 N–H and O–H groups in total. The molecule has 0 radical (unpaired) electrons. The molecule has 148 valence electrons. The van der Waals surface area contributed by atoms with Gasteiger partial charge in [0.15, 0.2) is 6.10 Å². The van der Waals surface area contributed by atoms with Gasteiger partial charge in [0.05, 0.1) is 16.2 Å². The summed E-state index contributed by atoms with van der Waals surface area (Å²) in [7, 11) is 0. The minimum atomic E-state index is -1.19. The van der Waals surface area contributed by atoms with Gasteiger partial charge in [-0.1, -0.05) is 0 Å². The van der Waals surface area contributed by atoms with Crippen LogP contribution in [0.4, 0.5) is 15.8 Å². The Morgan fingerprint density at radius 2 is 1.97 bits per heavy atom. The maximum Gasteiger partial charge on any atom is 0.338 e. The number of amides is 1. The van der Waals surface area contributed by atoms with Crippen LogP contribution in [0.2, 0.25) is 0 Å². The number of nitrogens with zero attached hydrogens (tertiary/aromatic N) is 4. The van der Waals surface area contributed by atoms with E-state index in [1.54, 1.807) is 12.1 Å². The first kappa shape index (κ1) is 19.6. The van der Waals surface area contributed by atoms with Gasteiger partial charge in [0.25, 0.3) is 5.91 Å². The van der Waals surface area contributed by atoms with Crippen molar-refractivity contribution in [3.05, 3.63) is 76.6 Å². The summed E-state index contributed by atoms with van der Waals surface area (Å²) < 4.78 is 20.0. The monoisotopic (exact) mass is 399 g/mol. The Morgan fingerprint density at radius 1 is 1.24 bits per heavy atom. The Balaban J connectivity index is 1.62. The number of nitro benzene ring substituents is 1. The molecule has 1 atom stereocenters. The molecule has 0 aliphatic carbocycles. The molecular formula is C18H14FN5O5. The lowest BCUT2D eigenvalue weighted by molar-refractivity contribution is -0.387. The number of esters is 1. The van der Waals surface area contributed by atoms with Crippen LogP contribution in [0.1, 0.15) is 17.3 Å². The summed E-state index contributed by atoms with van der Waals surface area (Å²) in [6.07, 6.45) is 1.68. The fraction of sp³-hybridized carbons (Fsp3) is 0.111. The van der Waals surface area contributed by atoms with Gasteiger partial charge in [0.2, 0.25) is 5.82 Å². The molecule has 0 saturated carbocycles. The van der Waals surface area contributed by atoms with Gasteiger partial charge in [-0.2, -0.15) is 9.49 Å². The third-order valence-corrected chi connectivity index (χ3v) is 3.85. The van der Waals surface area contributed by atoms with E-state index < -0.39 is 34.4 Å². The van der Waals surface area contributed by atoms with Crippen LogP contribution in [0.3, 0.4) is 0 Å². The topological polar surface area (TPSA) is 129 Å². The van der Waals surface area contributed by atoms with Gasteiger partial charge in [-0.05, 0) is 43.3 Å². The average Bonchev–Trinajstić information content (AvgIpc) is 3.24. The van der Waals surface area contributed by atoms with Crippen molar-refractivity contribution in [2.75, 3.05) is 5.32 Å². The number of rotatable bonds is 6. The lowest BCUT2D eigenvalue weighted by Gasteiger charge is -2.14. The molecule has 0 aliphatic heterocycles.